The molecule has 0 aromatic heterocycles. The number of hydrogen-bond donors (Lipinski definition) is 0. The topological polar surface area (TPSA) is 26.3 Å². The minimum absolute atomic E-state index is 0.242. The average molecular weight is 186 g/mol. The molecule has 0 aliphatic heterocycles. The van der Waals surface area contributed by atoms with Crippen LogP contribution in [0.1, 0.15) is 52.9 Å². The summed E-state index contributed by atoms with van der Waals surface area (Å²) < 4.78 is 5.23. The van der Waals surface area contributed by atoms with Crippen LogP contribution in [0, 0.1) is 0 Å². The van der Waals surface area contributed by atoms with Crippen LogP contribution < -0.4 is 0 Å². The summed E-state index contributed by atoms with van der Waals surface area (Å²) in [6.45, 7) is 6.00. The SMILES string of the molecule is CCCCCC(=O)C(C)(CC)OC. The highest BCUT2D eigenvalue weighted by atomic mass is 16.5. The van der Waals surface area contributed by atoms with Crippen molar-refractivity contribution in [2.24, 2.45) is 0 Å². The summed E-state index contributed by atoms with van der Waals surface area (Å²) in [6, 6.07) is 0. The van der Waals surface area contributed by atoms with Crippen LogP contribution in [0.15, 0.2) is 0 Å². The van der Waals surface area contributed by atoms with Crippen LogP contribution in [0.5, 0.6) is 0 Å². The summed E-state index contributed by atoms with van der Waals surface area (Å²) in [4.78, 5) is 11.7. The van der Waals surface area contributed by atoms with E-state index in [-0.39, 0.29) is 5.78 Å². The van der Waals surface area contributed by atoms with Crippen molar-refractivity contribution >= 4 is 5.78 Å². The fourth-order valence-corrected chi connectivity index (χ4v) is 1.26. The summed E-state index contributed by atoms with van der Waals surface area (Å²) in [5.74, 6) is 0.242. The number of ketones is 1. The van der Waals surface area contributed by atoms with E-state index < -0.39 is 5.60 Å². The van der Waals surface area contributed by atoms with Crippen molar-refractivity contribution in [3.63, 3.8) is 0 Å². The highest BCUT2D eigenvalue weighted by molar-refractivity contribution is 5.86. The smallest absolute Gasteiger partial charge is 0.164 e. The zero-order valence-electron chi connectivity index (χ0n) is 9.35. The quantitative estimate of drug-likeness (QED) is 0.571. The second kappa shape index (κ2) is 6.14. The van der Waals surface area contributed by atoms with Gasteiger partial charge in [0.15, 0.2) is 5.78 Å². The first-order valence-corrected chi connectivity index (χ1v) is 5.19. The molecule has 0 aromatic carbocycles. The first kappa shape index (κ1) is 12.6. The molecule has 0 saturated carbocycles. The van der Waals surface area contributed by atoms with Crippen molar-refractivity contribution < 1.29 is 9.53 Å². The lowest BCUT2D eigenvalue weighted by Gasteiger charge is -2.24. The number of carbonyl (C=O) groups is 1. The lowest BCUT2D eigenvalue weighted by molar-refractivity contribution is -0.139. The van der Waals surface area contributed by atoms with Crippen molar-refractivity contribution in [1.29, 1.82) is 0 Å². The maximum atomic E-state index is 11.7. The fourth-order valence-electron chi connectivity index (χ4n) is 1.26. The number of carbonyl (C=O) groups excluding carboxylic acids is 1. The van der Waals surface area contributed by atoms with Gasteiger partial charge in [0.2, 0.25) is 0 Å². The molecule has 0 aliphatic rings. The average Bonchev–Trinajstić information content (AvgIpc) is 2.17. The monoisotopic (exact) mass is 186 g/mol. The van der Waals surface area contributed by atoms with Gasteiger partial charge in [0.1, 0.15) is 5.60 Å². The Kier molecular flexibility index (Phi) is 5.97. The van der Waals surface area contributed by atoms with E-state index in [1.54, 1.807) is 7.11 Å². The Balaban J connectivity index is 3.92. The van der Waals surface area contributed by atoms with Crippen LogP contribution in [0.4, 0.5) is 0 Å². The zero-order valence-corrected chi connectivity index (χ0v) is 9.35. The Hall–Kier alpha value is -0.370. The van der Waals surface area contributed by atoms with E-state index in [1.807, 2.05) is 13.8 Å². The van der Waals surface area contributed by atoms with Crippen LogP contribution in [-0.4, -0.2) is 18.5 Å². The minimum atomic E-state index is -0.548. The predicted molar refractivity (Wildman–Crippen MR) is 54.9 cm³/mol. The molecule has 1 atom stereocenters. The Morgan fingerprint density at radius 2 is 1.92 bits per heavy atom. The molecule has 78 valence electrons. The Morgan fingerprint density at radius 1 is 1.31 bits per heavy atom. The van der Waals surface area contributed by atoms with Gasteiger partial charge in [-0.05, 0) is 19.8 Å². The van der Waals surface area contributed by atoms with Crippen LogP contribution in [0.2, 0.25) is 0 Å². The number of hydrogen-bond acceptors (Lipinski definition) is 2. The summed E-state index contributed by atoms with van der Waals surface area (Å²) in [6.07, 6.45) is 4.70. The molecule has 0 amide bonds. The molecular formula is C11H22O2. The van der Waals surface area contributed by atoms with Crippen LogP contribution in [-0.2, 0) is 9.53 Å². The summed E-state index contributed by atoms with van der Waals surface area (Å²) in [7, 11) is 1.61. The highest BCUT2D eigenvalue weighted by Gasteiger charge is 2.29. The lowest BCUT2D eigenvalue weighted by atomic mass is 9.93. The van der Waals surface area contributed by atoms with E-state index in [1.165, 1.54) is 0 Å². The van der Waals surface area contributed by atoms with Crippen LogP contribution >= 0.6 is 0 Å². The summed E-state index contributed by atoms with van der Waals surface area (Å²) in [5, 5.41) is 0. The Labute approximate surface area is 81.7 Å². The first-order valence-electron chi connectivity index (χ1n) is 5.19. The minimum Gasteiger partial charge on any atom is -0.371 e. The largest absolute Gasteiger partial charge is 0.371 e. The molecule has 1 unspecified atom stereocenters. The molecule has 0 N–H and O–H groups in total. The Morgan fingerprint density at radius 3 is 2.31 bits per heavy atom. The molecule has 0 bridgehead atoms. The number of rotatable bonds is 7. The lowest BCUT2D eigenvalue weighted by Crippen LogP contribution is -2.36. The van der Waals surface area contributed by atoms with Crippen molar-refractivity contribution in [2.45, 2.75) is 58.5 Å². The molecule has 0 spiro atoms. The molecular weight excluding hydrogens is 164 g/mol. The van der Waals surface area contributed by atoms with E-state index in [4.69, 9.17) is 4.74 Å². The number of methoxy groups -OCH3 is 1. The molecule has 0 radical (unpaired) electrons. The van der Waals surface area contributed by atoms with E-state index in [9.17, 15) is 4.79 Å². The molecule has 0 aromatic rings. The third-order valence-electron chi connectivity index (χ3n) is 2.72. The van der Waals surface area contributed by atoms with Crippen molar-refractivity contribution in [2.75, 3.05) is 7.11 Å². The molecule has 2 nitrogen and oxygen atoms in total. The maximum absolute atomic E-state index is 11.7. The second-order valence-electron chi connectivity index (χ2n) is 3.67. The third-order valence-corrected chi connectivity index (χ3v) is 2.72. The van der Waals surface area contributed by atoms with Crippen molar-refractivity contribution in [3.8, 4) is 0 Å². The molecule has 0 rings (SSSR count). The van der Waals surface area contributed by atoms with Gasteiger partial charge in [-0.1, -0.05) is 26.7 Å². The molecule has 0 saturated heterocycles. The van der Waals surface area contributed by atoms with Gasteiger partial charge < -0.3 is 4.74 Å². The number of ether oxygens (including phenoxy) is 1. The van der Waals surface area contributed by atoms with Gasteiger partial charge in [-0.2, -0.15) is 0 Å². The predicted octanol–water partition coefficient (Wildman–Crippen LogP) is 2.95. The number of Topliss-reactive ketones (excluding diaryl/α,β-unsaturated/α-hetero) is 1. The van der Waals surface area contributed by atoms with Gasteiger partial charge in [0.25, 0.3) is 0 Å². The first-order chi connectivity index (χ1) is 6.10. The zero-order chi connectivity index (χ0) is 10.3. The van der Waals surface area contributed by atoms with E-state index in [0.717, 1.165) is 25.7 Å². The van der Waals surface area contributed by atoms with Crippen LogP contribution in [0.3, 0.4) is 0 Å². The van der Waals surface area contributed by atoms with Gasteiger partial charge in [-0.25, -0.2) is 0 Å². The van der Waals surface area contributed by atoms with Crippen molar-refractivity contribution in [3.05, 3.63) is 0 Å². The van der Waals surface area contributed by atoms with E-state index in [2.05, 4.69) is 6.92 Å². The molecule has 0 fully saturated rings. The maximum Gasteiger partial charge on any atom is 0.164 e. The second-order valence-corrected chi connectivity index (χ2v) is 3.67. The van der Waals surface area contributed by atoms with Gasteiger partial charge in [-0.3, -0.25) is 4.79 Å². The third kappa shape index (κ3) is 3.90. The molecule has 13 heavy (non-hydrogen) atoms. The van der Waals surface area contributed by atoms with Gasteiger partial charge in [0, 0.05) is 13.5 Å². The normalized spacial score (nSPS) is 15.4. The Bertz CT molecular complexity index is 148. The summed E-state index contributed by atoms with van der Waals surface area (Å²) in [5.41, 5.74) is -0.548. The van der Waals surface area contributed by atoms with E-state index >= 15 is 0 Å². The highest BCUT2D eigenvalue weighted by Crippen LogP contribution is 2.18. The van der Waals surface area contributed by atoms with Gasteiger partial charge >= 0.3 is 0 Å². The standard InChI is InChI=1S/C11H22O2/c1-5-7-8-9-10(12)11(3,6-2)13-4/h5-9H2,1-4H3. The molecule has 2 heteroatoms. The summed E-state index contributed by atoms with van der Waals surface area (Å²) >= 11 is 0. The van der Waals surface area contributed by atoms with E-state index in [0.29, 0.717) is 6.42 Å². The molecule has 0 aliphatic carbocycles. The van der Waals surface area contributed by atoms with Gasteiger partial charge in [-0.15, -0.1) is 0 Å². The molecule has 0 heterocycles. The fraction of sp³-hybridized carbons (Fsp3) is 0.909. The van der Waals surface area contributed by atoms with Crippen molar-refractivity contribution in [1.82, 2.24) is 0 Å². The van der Waals surface area contributed by atoms with Gasteiger partial charge in [0.05, 0.1) is 0 Å². The van der Waals surface area contributed by atoms with Crippen LogP contribution in [0.25, 0.3) is 0 Å². The number of unbranched alkanes of at least 4 members (excludes halogenated alkanes) is 2.